The van der Waals surface area contributed by atoms with Gasteiger partial charge in [-0.2, -0.15) is 0 Å². The van der Waals surface area contributed by atoms with Gasteiger partial charge >= 0.3 is 0 Å². The predicted molar refractivity (Wildman–Crippen MR) is 76.9 cm³/mol. The zero-order chi connectivity index (χ0) is 13.7. The van der Waals surface area contributed by atoms with Crippen molar-refractivity contribution in [2.45, 2.75) is 26.3 Å². The Hall–Kier alpha value is -0.580. The molecule has 1 atom stereocenters. The van der Waals surface area contributed by atoms with Crippen molar-refractivity contribution >= 4 is 33.4 Å². The van der Waals surface area contributed by atoms with Crippen LogP contribution in [0.3, 0.4) is 0 Å². The molecule has 18 heavy (non-hydrogen) atoms. The molecule has 0 radical (unpaired) electrons. The second-order valence-corrected chi connectivity index (χ2v) is 5.90. The first-order valence-corrected chi connectivity index (χ1v) is 6.98. The molecular weight excluding hydrogens is 318 g/mol. The third-order valence-corrected chi connectivity index (χ3v) is 3.41. The molecule has 0 aliphatic heterocycles. The van der Waals surface area contributed by atoms with Crippen molar-refractivity contribution in [3.8, 4) is 0 Å². The fourth-order valence-corrected chi connectivity index (χ4v) is 2.28. The molecule has 0 fully saturated rings. The normalized spacial score (nSPS) is 12.6. The van der Waals surface area contributed by atoms with E-state index in [0.717, 1.165) is 6.42 Å². The summed E-state index contributed by atoms with van der Waals surface area (Å²) in [4.78, 5) is 12.1. The minimum Gasteiger partial charge on any atom is -0.394 e. The highest BCUT2D eigenvalue weighted by molar-refractivity contribution is 9.10. The predicted octanol–water partition coefficient (Wildman–Crippen LogP) is 3.24. The molecule has 0 saturated heterocycles. The molecule has 1 aromatic rings. The number of aliphatic hydroxyl groups is 1. The lowest BCUT2D eigenvalue weighted by atomic mass is 10.0. The van der Waals surface area contributed by atoms with Crippen molar-refractivity contribution in [2.24, 2.45) is 5.92 Å². The van der Waals surface area contributed by atoms with E-state index in [4.69, 9.17) is 11.6 Å². The van der Waals surface area contributed by atoms with Gasteiger partial charge in [0.2, 0.25) is 0 Å². The van der Waals surface area contributed by atoms with Gasteiger partial charge in [-0.1, -0.05) is 25.4 Å². The Bertz CT molecular complexity index is 423. The van der Waals surface area contributed by atoms with Crippen LogP contribution in [-0.2, 0) is 0 Å². The Labute approximate surface area is 121 Å². The highest BCUT2D eigenvalue weighted by Crippen LogP contribution is 2.21. The molecule has 1 aromatic carbocycles. The number of amides is 1. The first-order chi connectivity index (χ1) is 8.43. The zero-order valence-electron chi connectivity index (χ0n) is 10.4. The van der Waals surface area contributed by atoms with Crippen molar-refractivity contribution in [3.63, 3.8) is 0 Å². The molecule has 1 rings (SSSR count). The van der Waals surface area contributed by atoms with Gasteiger partial charge in [-0.3, -0.25) is 4.79 Å². The van der Waals surface area contributed by atoms with Crippen molar-refractivity contribution in [1.29, 1.82) is 0 Å². The smallest absolute Gasteiger partial charge is 0.252 e. The van der Waals surface area contributed by atoms with Crippen LogP contribution in [-0.4, -0.2) is 23.7 Å². The van der Waals surface area contributed by atoms with Crippen molar-refractivity contribution in [2.75, 3.05) is 6.61 Å². The number of hydrogen-bond acceptors (Lipinski definition) is 2. The highest BCUT2D eigenvalue weighted by atomic mass is 79.9. The summed E-state index contributed by atoms with van der Waals surface area (Å²) in [6.45, 7) is 4.02. The van der Waals surface area contributed by atoms with E-state index in [9.17, 15) is 9.90 Å². The van der Waals surface area contributed by atoms with Gasteiger partial charge in [0.15, 0.2) is 0 Å². The molecule has 0 aromatic heterocycles. The lowest BCUT2D eigenvalue weighted by Gasteiger charge is -2.18. The largest absolute Gasteiger partial charge is 0.394 e. The summed E-state index contributed by atoms with van der Waals surface area (Å²) in [5.41, 5.74) is 0.477. The molecule has 0 saturated carbocycles. The van der Waals surface area contributed by atoms with E-state index in [-0.39, 0.29) is 18.6 Å². The molecule has 1 unspecified atom stereocenters. The van der Waals surface area contributed by atoms with Gasteiger partial charge < -0.3 is 10.4 Å². The number of rotatable bonds is 5. The van der Waals surface area contributed by atoms with Crippen molar-refractivity contribution in [1.82, 2.24) is 5.32 Å². The van der Waals surface area contributed by atoms with Crippen LogP contribution >= 0.6 is 27.5 Å². The van der Waals surface area contributed by atoms with Gasteiger partial charge in [0, 0.05) is 9.50 Å². The van der Waals surface area contributed by atoms with Crippen LogP contribution in [0, 0.1) is 5.92 Å². The molecule has 0 aliphatic rings. The zero-order valence-corrected chi connectivity index (χ0v) is 12.8. The molecule has 1 amide bonds. The summed E-state index contributed by atoms with van der Waals surface area (Å²) in [6.07, 6.45) is 0.737. The van der Waals surface area contributed by atoms with Crippen molar-refractivity contribution < 1.29 is 9.90 Å². The first kappa shape index (κ1) is 15.5. The van der Waals surface area contributed by atoms with Crippen molar-refractivity contribution in [3.05, 3.63) is 33.3 Å². The maximum atomic E-state index is 12.1. The van der Waals surface area contributed by atoms with Crippen LogP contribution in [0.25, 0.3) is 0 Å². The fourth-order valence-electron chi connectivity index (χ4n) is 1.68. The standard InChI is InChI=1S/C13H17BrClNO2/c1-8(2)5-10(7-17)16-13(18)11-6-9(15)3-4-12(11)14/h3-4,6,8,10,17H,5,7H2,1-2H3,(H,16,18). The first-order valence-electron chi connectivity index (χ1n) is 5.80. The summed E-state index contributed by atoms with van der Waals surface area (Å²) in [7, 11) is 0. The summed E-state index contributed by atoms with van der Waals surface area (Å²) < 4.78 is 0.686. The van der Waals surface area contributed by atoms with Crippen LogP contribution in [0.4, 0.5) is 0 Å². The third kappa shape index (κ3) is 4.59. The SMILES string of the molecule is CC(C)CC(CO)NC(=O)c1cc(Cl)ccc1Br. The van der Waals surface area contributed by atoms with E-state index < -0.39 is 0 Å². The number of nitrogens with one attached hydrogen (secondary N) is 1. The van der Waals surface area contributed by atoms with E-state index in [1.54, 1.807) is 18.2 Å². The molecule has 0 aliphatic carbocycles. The summed E-state index contributed by atoms with van der Waals surface area (Å²) in [6, 6.07) is 4.81. The monoisotopic (exact) mass is 333 g/mol. The van der Waals surface area contributed by atoms with Gasteiger partial charge in [-0.15, -0.1) is 0 Å². The van der Waals surface area contributed by atoms with Crippen LogP contribution < -0.4 is 5.32 Å². The number of halogens is 2. The summed E-state index contributed by atoms with van der Waals surface area (Å²) >= 11 is 9.18. The number of hydrogen-bond donors (Lipinski definition) is 2. The quantitative estimate of drug-likeness (QED) is 0.868. The van der Waals surface area contributed by atoms with E-state index in [1.165, 1.54) is 0 Å². The highest BCUT2D eigenvalue weighted by Gasteiger charge is 2.16. The van der Waals surface area contributed by atoms with E-state index >= 15 is 0 Å². The fraction of sp³-hybridized carbons (Fsp3) is 0.462. The summed E-state index contributed by atoms with van der Waals surface area (Å²) in [5.74, 6) is 0.175. The van der Waals surface area contributed by atoms with Gasteiger partial charge in [0.25, 0.3) is 5.91 Å². The molecule has 0 heterocycles. The van der Waals surface area contributed by atoms with Crippen LogP contribution in [0.15, 0.2) is 22.7 Å². The Balaban J connectivity index is 2.77. The molecule has 2 N–H and O–H groups in total. The average molecular weight is 335 g/mol. The number of benzene rings is 1. The molecule has 5 heteroatoms. The minimum atomic E-state index is -0.233. The Morgan fingerprint density at radius 1 is 1.50 bits per heavy atom. The maximum Gasteiger partial charge on any atom is 0.252 e. The second kappa shape index (κ2) is 7.12. The average Bonchev–Trinajstić information content (AvgIpc) is 2.30. The lowest BCUT2D eigenvalue weighted by Crippen LogP contribution is -2.38. The molecule has 100 valence electrons. The van der Waals surface area contributed by atoms with Gasteiger partial charge in [0.05, 0.1) is 18.2 Å². The van der Waals surface area contributed by atoms with Gasteiger partial charge in [0.1, 0.15) is 0 Å². The number of aliphatic hydroxyl groups excluding tert-OH is 1. The topological polar surface area (TPSA) is 49.3 Å². The molecule has 0 bridgehead atoms. The molecule has 3 nitrogen and oxygen atoms in total. The van der Waals surface area contributed by atoms with E-state index in [2.05, 4.69) is 21.2 Å². The van der Waals surface area contributed by atoms with Gasteiger partial charge in [-0.25, -0.2) is 0 Å². The maximum absolute atomic E-state index is 12.1. The third-order valence-electron chi connectivity index (χ3n) is 2.48. The van der Waals surface area contributed by atoms with Crippen LogP contribution in [0.5, 0.6) is 0 Å². The second-order valence-electron chi connectivity index (χ2n) is 4.61. The Morgan fingerprint density at radius 3 is 2.72 bits per heavy atom. The van der Waals surface area contributed by atoms with Crippen LogP contribution in [0.1, 0.15) is 30.6 Å². The molecular formula is C13H17BrClNO2. The number of carbonyl (C=O) groups excluding carboxylic acids is 1. The van der Waals surface area contributed by atoms with E-state index in [0.29, 0.717) is 21.0 Å². The molecule has 0 spiro atoms. The van der Waals surface area contributed by atoms with Crippen LogP contribution in [0.2, 0.25) is 5.02 Å². The van der Waals surface area contributed by atoms with Gasteiger partial charge in [-0.05, 0) is 46.5 Å². The number of carbonyl (C=O) groups is 1. The Kier molecular flexibility index (Phi) is 6.12. The minimum absolute atomic E-state index is 0.0674. The Morgan fingerprint density at radius 2 is 2.17 bits per heavy atom. The lowest BCUT2D eigenvalue weighted by molar-refractivity contribution is 0.0907. The summed E-state index contributed by atoms with van der Waals surface area (Å²) in [5, 5.41) is 12.6. The van der Waals surface area contributed by atoms with E-state index in [1.807, 2.05) is 13.8 Å².